The summed E-state index contributed by atoms with van der Waals surface area (Å²) in [6.07, 6.45) is 3.00. The number of esters is 1. The molecule has 1 amide bonds. The molecule has 0 saturated carbocycles. The first-order valence-corrected chi connectivity index (χ1v) is 9.99. The van der Waals surface area contributed by atoms with E-state index in [1.807, 2.05) is 36.6 Å². The Labute approximate surface area is 164 Å². The van der Waals surface area contributed by atoms with Crippen LogP contribution in [0.1, 0.15) is 42.1 Å². The van der Waals surface area contributed by atoms with Crippen molar-refractivity contribution in [2.24, 2.45) is 0 Å². The van der Waals surface area contributed by atoms with Gasteiger partial charge in [0.1, 0.15) is 11.3 Å². The van der Waals surface area contributed by atoms with Gasteiger partial charge in [0.25, 0.3) is 5.91 Å². The molecule has 0 bridgehead atoms. The number of thioether (sulfide) groups is 1. The highest BCUT2D eigenvalue weighted by Crippen LogP contribution is 2.26. The lowest BCUT2D eigenvalue weighted by molar-refractivity contribution is -0.119. The molecule has 2 aromatic carbocycles. The number of nitrogens with one attached hydrogen (secondary N) is 1. The van der Waals surface area contributed by atoms with E-state index in [0.29, 0.717) is 22.9 Å². The molecule has 0 saturated heterocycles. The number of carbonyl (C=O) groups is 2. The first-order valence-electron chi connectivity index (χ1n) is 8.77. The third-order valence-electron chi connectivity index (χ3n) is 4.34. The van der Waals surface area contributed by atoms with Crippen LogP contribution in [-0.2, 0) is 9.53 Å². The SMILES string of the molecule is CCC(C)c1ccc(NC(=O)COC(=O)c2ccc(SC)cc2OC)cc1. The van der Waals surface area contributed by atoms with Crippen LogP contribution in [0.15, 0.2) is 47.4 Å². The van der Waals surface area contributed by atoms with E-state index in [2.05, 4.69) is 19.2 Å². The van der Waals surface area contributed by atoms with E-state index in [1.165, 1.54) is 12.7 Å². The number of rotatable bonds is 8. The maximum atomic E-state index is 12.2. The molecule has 0 spiro atoms. The third-order valence-corrected chi connectivity index (χ3v) is 5.06. The van der Waals surface area contributed by atoms with E-state index < -0.39 is 5.97 Å². The van der Waals surface area contributed by atoms with Gasteiger partial charge in [0, 0.05) is 10.6 Å². The molecule has 2 aromatic rings. The zero-order chi connectivity index (χ0) is 19.8. The summed E-state index contributed by atoms with van der Waals surface area (Å²) in [6.45, 7) is 3.94. The fourth-order valence-corrected chi connectivity index (χ4v) is 2.93. The fraction of sp³-hybridized carbons (Fsp3) is 0.333. The second kappa shape index (κ2) is 10.0. The van der Waals surface area contributed by atoms with Gasteiger partial charge in [-0.1, -0.05) is 26.0 Å². The van der Waals surface area contributed by atoms with Crippen LogP contribution in [0.2, 0.25) is 0 Å². The van der Waals surface area contributed by atoms with Gasteiger partial charge in [-0.3, -0.25) is 4.79 Å². The van der Waals surface area contributed by atoms with Gasteiger partial charge in [-0.15, -0.1) is 11.8 Å². The fourth-order valence-electron chi connectivity index (χ4n) is 2.50. The van der Waals surface area contributed by atoms with E-state index in [9.17, 15) is 9.59 Å². The lowest BCUT2D eigenvalue weighted by atomic mass is 9.99. The van der Waals surface area contributed by atoms with Crippen molar-refractivity contribution in [3.63, 3.8) is 0 Å². The maximum absolute atomic E-state index is 12.2. The van der Waals surface area contributed by atoms with Gasteiger partial charge in [-0.05, 0) is 54.5 Å². The number of hydrogen-bond donors (Lipinski definition) is 1. The molecule has 0 radical (unpaired) electrons. The van der Waals surface area contributed by atoms with Crippen molar-refractivity contribution >= 4 is 29.3 Å². The first-order chi connectivity index (χ1) is 13.0. The van der Waals surface area contributed by atoms with Crippen molar-refractivity contribution < 1.29 is 19.1 Å². The molecule has 0 aliphatic rings. The summed E-state index contributed by atoms with van der Waals surface area (Å²) in [7, 11) is 1.49. The van der Waals surface area contributed by atoms with Gasteiger partial charge >= 0.3 is 5.97 Å². The third kappa shape index (κ3) is 5.76. The Morgan fingerprint density at radius 3 is 2.44 bits per heavy atom. The van der Waals surface area contributed by atoms with Crippen molar-refractivity contribution in [2.45, 2.75) is 31.1 Å². The van der Waals surface area contributed by atoms with E-state index >= 15 is 0 Å². The second-order valence-corrected chi connectivity index (χ2v) is 7.00. The maximum Gasteiger partial charge on any atom is 0.342 e. The van der Waals surface area contributed by atoms with Crippen molar-refractivity contribution in [1.29, 1.82) is 0 Å². The molecule has 0 aliphatic heterocycles. The molecule has 5 nitrogen and oxygen atoms in total. The van der Waals surface area contributed by atoms with Crippen LogP contribution in [-0.4, -0.2) is 31.8 Å². The summed E-state index contributed by atoms with van der Waals surface area (Å²) in [5, 5.41) is 2.73. The van der Waals surface area contributed by atoms with Gasteiger partial charge in [0.2, 0.25) is 0 Å². The van der Waals surface area contributed by atoms with E-state index in [-0.39, 0.29) is 12.5 Å². The van der Waals surface area contributed by atoms with E-state index in [4.69, 9.17) is 9.47 Å². The van der Waals surface area contributed by atoms with Gasteiger partial charge < -0.3 is 14.8 Å². The topological polar surface area (TPSA) is 64.6 Å². The van der Waals surface area contributed by atoms with Gasteiger partial charge in [-0.2, -0.15) is 0 Å². The Bertz CT molecular complexity index is 789. The lowest BCUT2D eigenvalue weighted by Crippen LogP contribution is -2.21. The van der Waals surface area contributed by atoms with Crippen LogP contribution in [0.4, 0.5) is 5.69 Å². The molecule has 1 unspecified atom stereocenters. The Balaban J connectivity index is 1.92. The Kier molecular flexibility index (Phi) is 7.73. The van der Waals surface area contributed by atoms with Crippen LogP contribution in [0.3, 0.4) is 0 Å². The van der Waals surface area contributed by atoms with Crippen LogP contribution in [0.25, 0.3) is 0 Å². The van der Waals surface area contributed by atoms with Crippen LogP contribution < -0.4 is 10.1 Å². The normalized spacial score (nSPS) is 11.6. The second-order valence-electron chi connectivity index (χ2n) is 6.12. The molecule has 2 rings (SSSR count). The average molecular weight is 388 g/mol. The van der Waals surface area contributed by atoms with Crippen LogP contribution >= 0.6 is 11.8 Å². The average Bonchev–Trinajstić information content (AvgIpc) is 2.71. The summed E-state index contributed by atoms with van der Waals surface area (Å²) in [5.74, 6) is -0.0859. The van der Waals surface area contributed by atoms with Crippen molar-refractivity contribution in [3.05, 3.63) is 53.6 Å². The van der Waals surface area contributed by atoms with Gasteiger partial charge in [-0.25, -0.2) is 4.79 Å². The van der Waals surface area contributed by atoms with Crippen molar-refractivity contribution in [2.75, 3.05) is 25.3 Å². The summed E-state index contributed by atoms with van der Waals surface area (Å²) < 4.78 is 10.4. The zero-order valence-electron chi connectivity index (χ0n) is 16.1. The molecule has 1 N–H and O–H groups in total. The zero-order valence-corrected chi connectivity index (χ0v) is 16.9. The highest BCUT2D eigenvalue weighted by Gasteiger charge is 2.16. The highest BCUT2D eigenvalue weighted by atomic mass is 32.2. The van der Waals surface area contributed by atoms with Crippen LogP contribution in [0.5, 0.6) is 5.75 Å². The number of carbonyl (C=O) groups excluding carboxylic acids is 2. The van der Waals surface area contributed by atoms with Crippen LogP contribution in [0, 0.1) is 0 Å². The summed E-state index contributed by atoms with van der Waals surface area (Å²) in [4.78, 5) is 25.3. The van der Waals surface area contributed by atoms with Crippen molar-refractivity contribution in [1.82, 2.24) is 0 Å². The Morgan fingerprint density at radius 2 is 1.85 bits per heavy atom. The molecular formula is C21H25NO4S. The predicted molar refractivity (Wildman–Crippen MR) is 109 cm³/mol. The number of benzene rings is 2. The molecule has 0 heterocycles. The summed E-state index contributed by atoms with van der Waals surface area (Å²) >= 11 is 1.55. The highest BCUT2D eigenvalue weighted by molar-refractivity contribution is 7.98. The number of amides is 1. The number of methoxy groups -OCH3 is 1. The minimum absolute atomic E-state index is 0.293. The monoisotopic (exact) mass is 387 g/mol. The summed E-state index contributed by atoms with van der Waals surface area (Å²) in [5.41, 5.74) is 2.19. The largest absolute Gasteiger partial charge is 0.496 e. The molecule has 27 heavy (non-hydrogen) atoms. The molecule has 1 atom stereocenters. The number of anilines is 1. The molecule has 0 aliphatic carbocycles. The standard InChI is InChI=1S/C21H25NO4S/c1-5-14(2)15-6-8-16(9-7-15)22-20(23)13-26-21(24)18-11-10-17(27-4)12-19(18)25-3/h6-12,14H,5,13H2,1-4H3,(H,22,23). The minimum atomic E-state index is -0.596. The van der Waals surface area contributed by atoms with E-state index in [1.54, 1.807) is 23.9 Å². The van der Waals surface area contributed by atoms with Gasteiger partial charge in [0.15, 0.2) is 6.61 Å². The number of hydrogen-bond acceptors (Lipinski definition) is 5. The van der Waals surface area contributed by atoms with Crippen molar-refractivity contribution in [3.8, 4) is 5.75 Å². The molecule has 144 valence electrons. The molecule has 0 fully saturated rings. The molecule has 0 aromatic heterocycles. The van der Waals surface area contributed by atoms with E-state index in [0.717, 1.165) is 11.3 Å². The first kappa shape index (κ1) is 20.8. The predicted octanol–water partition coefficient (Wildman–Crippen LogP) is 4.73. The van der Waals surface area contributed by atoms with Gasteiger partial charge in [0.05, 0.1) is 7.11 Å². The Morgan fingerprint density at radius 1 is 1.15 bits per heavy atom. The minimum Gasteiger partial charge on any atom is -0.496 e. The smallest absolute Gasteiger partial charge is 0.342 e. The summed E-state index contributed by atoms with van der Waals surface area (Å²) in [6, 6.07) is 12.9. The molecule has 6 heteroatoms. The lowest BCUT2D eigenvalue weighted by Gasteiger charge is -2.11. The Hall–Kier alpha value is -2.47. The molecular weight excluding hydrogens is 362 g/mol. The quantitative estimate of drug-likeness (QED) is 0.524. The number of ether oxygens (including phenoxy) is 2.